The van der Waals surface area contributed by atoms with Crippen molar-refractivity contribution in [2.24, 2.45) is 22.5 Å². The zero-order chi connectivity index (χ0) is 11.4. The smallest absolute Gasteiger partial charge is 0.148 e. The maximum atomic E-state index is 13.5. The number of halogens is 2. The van der Waals surface area contributed by atoms with Crippen molar-refractivity contribution in [2.75, 3.05) is 5.01 Å². The average Bonchev–Trinajstić information content (AvgIpc) is 2.22. The van der Waals surface area contributed by atoms with Crippen molar-refractivity contribution >= 4 is 23.6 Å². The summed E-state index contributed by atoms with van der Waals surface area (Å²) in [4.78, 5) is 0. The largest absolute Gasteiger partial charge is 0.326 e. The molecule has 1 rings (SSSR count). The van der Waals surface area contributed by atoms with Crippen LogP contribution in [0.25, 0.3) is 0 Å². The monoisotopic (exact) mass is 231 g/mol. The van der Waals surface area contributed by atoms with Crippen LogP contribution >= 0.6 is 11.6 Å². The van der Waals surface area contributed by atoms with Crippen LogP contribution in [0.2, 0.25) is 5.02 Å². The van der Waals surface area contributed by atoms with Gasteiger partial charge < -0.3 is 11.6 Å². The molecule has 0 aliphatic rings. The second-order valence-corrected chi connectivity index (χ2v) is 3.14. The number of hydrazine groups is 1. The minimum atomic E-state index is -0.586. The number of hydrazone groups is 1. The minimum absolute atomic E-state index is 0.00251. The summed E-state index contributed by atoms with van der Waals surface area (Å²) in [5.74, 6) is 9.88. The van der Waals surface area contributed by atoms with E-state index in [0.717, 1.165) is 11.3 Å². The summed E-state index contributed by atoms with van der Waals surface area (Å²) in [5, 5.41) is 4.29. The fourth-order valence-corrected chi connectivity index (χ4v) is 1.33. The van der Waals surface area contributed by atoms with E-state index in [1.807, 2.05) is 0 Å². The van der Waals surface area contributed by atoms with E-state index in [1.165, 1.54) is 12.1 Å². The molecule has 0 unspecified atom stereocenters. The van der Waals surface area contributed by atoms with E-state index in [9.17, 15) is 4.39 Å². The Morgan fingerprint density at radius 2 is 2.20 bits per heavy atom. The molecule has 0 saturated carbocycles. The molecule has 0 bridgehead atoms. The second kappa shape index (κ2) is 4.92. The third-order valence-electron chi connectivity index (χ3n) is 1.84. The van der Waals surface area contributed by atoms with Gasteiger partial charge in [0.15, 0.2) is 0 Å². The molecule has 0 aromatic heterocycles. The SMILES string of the molecule is NCc1c(N(N)/C=N\N)ccc(Cl)c1F. The van der Waals surface area contributed by atoms with Gasteiger partial charge in [0.2, 0.25) is 0 Å². The molecule has 0 atom stereocenters. The van der Waals surface area contributed by atoms with E-state index in [1.54, 1.807) is 0 Å². The van der Waals surface area contributed by atoms with Gasteiger partial charge in [-0.15, -0.1) is 0 Å². The van der Waals surface area contributed by atoms with Crippen LogP contribution in [0.3, 0.4) is 0 Å². The summed E-state index contributed by atoms with van der Waals surface area (Å²) in [5.41, 5.74) is 5.98. The Hall–Kier alpha value is -1.37. The number of nitrogens with zero attached hydrogens (tertiary/aromatic N) is 2. The Balaban J connectivity index is 3.24. The number of nitrogens with two attached hydrogens (primary N) is 3. The van der Waals surface area contributed by atoms with Gasteiger partial charge in [-0.1, -0.05) is 11.6 Å². The van der Waals surface area contributed by atoms with Crippen LogP contribution in [-0.2, 0) is 6.54 Å². The Bertz CT molecular complexity index is 382. The first-order chi connectivity index (χ1) is 7.11. The number of hydrogen-bond acceptors (Lipinski definition) is 4. The summed E-state index contributed by atoms with van der Waals surface area (Å²) >= 11 is 5.60. The second-order valence-electron chi connectivity index (χ2n) is 2.73. The van der Waals surface area contributed by atoms with E-state index < -0.39 is 5.82 Å². The van der Waals surface area contributed by atoms with Gasteiger partial charge in [0, 0.05) is 12.1 Å². The third kappa shape index (κ3) is 2.35. The highest BCUT2D eigenvalue weighted by atomic mass is 35.5. The maximum Gasteiger partial charge on any atom is 0.148 e. The number of anilines is 1. The molecular weight excluding hydrogens is 221 g/mol. The first-order valence-electron chi connectivity index (χ1n) is 4.06. The van der Waals surface area contributed by atoms with Crippen LogP contribution < -0.4 is 22.4 Å². The summed E-state index contributed by atoms with van der Waals surface area (Å²) in [6.45, 7) is -0.0200. The van der Waals surface area contributed by atoms with E-state index >= 15 is 0 Å². The van der Waals surface area contributed by atoms with E-state index in [0.29, 0.717) is 5.69 Å². The maximum absolute atomic E-state index is 13.5. The fourth-order valence-electron chi connectivity index (χ4n) is 1.15. The standard InChI is InChI=1S/C8H11ClFN5/c9-6-1-2-7(15(13)4-14-12)5(3-11)8(6)10/h1-2,4H,3,11-13H2/b14-4-. The molecule has 0 aliphatic carbocycles. The Morgan fingerprint density at radius 1 is 1.53 bits per heavy atom. The van der Waals surface area contributed by atoms with Crippen LogP contribution in [0, 0.1) is 5.82 Å². The van der Waals surface area contributed by atoms with Crippen molar-refractivity contribution in [3.05, 3.63) is 28.5 Å². The molecule has 6 N–H and O–H groups in total. The molecule has 0 saturated heterocycles. The Kier molecular flexibility index (Phi) is 3.84. The van der Waals surface area contributed by atoms with Crippen LogP contribution in [-0.4, -0.2) is 6.34 Å². The van der Waals surface area contributed by atoms with Crippen molar-refractivity contribution in [1.29, 1.82) is 0 Å². The lowest BCUT2D eigenvalue weighted by Crippen LogP contribution is -2.31. The van der Waals surface area contributed by atoms with E-state index in [-0.39, 0.29) is 17.1 Å². The van der Waals surface area contributed by atoms with Gasteiger partial charge in [-0.3, -0.25) is 5.01 Å². The Morgan fingerprint density at radius 3 is 2.73 bits per heavy atom. The topological polar surface area (TPSA) is 93.7 Å². The van der Waals surface area contributed by atoms with Gasteiger partial charge in [-0.05, 0) is 12.1 Å². The zero-order valence-electron chi connectivity index (χ0n) is 7.82. The van der Waals surface area contributed by atoms with Crippen LogP contribution in [0.5, 0.6) is 0 Å². The molecule has 15 heavy (non-hydrogen) atoms. The predicted molar refractivity (Wildman–Crippen MR) is 58.6 cm³/mol. The van der Waals surface area contributed by atoms with Gasteiger partial charge in [-0.2, -0.15) is 5.10 Å². The molecule has 5 nitrogen and oxygen atoms in total. The van der Waals surface area contributed by atoms with E-state index in [2.05, 4.69) is 5.10 Å². The molecule has 1 aromatic carbocycles. The minimum Gasteiger partial charge on any atom is -0.326 e. The number of hydrogen-bond donors (Lipinski definition) is 3. The first kappa shape index (κ1) is 11.7. The number of benzene rings is 1. The third-order valence-corrected chi connectivity index (χ3v) is 2.14. The molecule has 1 aromatic rings. The summed E-state index contributed by atoms with van der Waals surface area (Å²) in [6.07, 6.45) is 1.14. The molecule has 82 valence electrons. The molecular formula is C8H11ClFN5. The normalized spacial score (nSPS) is 10.9. The van der Waals surface area contributed by atoms with Crippen molar-refractivity contribution in [3.8, 4) is 0 Å². The first-order valence-corrected chi connectivity index (χ1v) is 4.43. The average molecular weight is 232 g/mol. The van der Waals surface area contributed by atoms with Crippen molar-refractivity contribution in [3.63, 3.8) is 0 Å². The van der Waals surface area contributed by atoms with Gasteiger partial charge in [0.25, 0.3) is 0 Å². The van der Waals surface area contributed by atoms with Crippen molar-refractivity contribution in [1.82, 2.24) is 0 Å². The molecule has 0 radical (unpaired) electrons. The van der Waals surface area contributed by atoms with Gasteiger partial charge in [-0.25, -0.2) is 10.2 Å². The highest BCUT2D eigenvalue weighted by Crippen LogP contribution is 2.26. The van der Waals surface area contributed by atoms with Crippen molar-refractivity contribution < 1.29 is 4.39 Å². The summed E-state index contributed by atoms with van der Waals surface area (Å²) in [7, 11) is 0. The predicted octanol–water partition coefficient (Wildman–Crippen LogP) is 0.520. The summed E-state index contributed by atoms with van der Waals surface area (Å²) in [6, 6.07) is 2.92. The van der Waals surface area contributed by atoms with Crippen LogP contribution in [0.15, 0.2) is 17.2 Å². The van der Waals surface area contributed by atoms with Crippen LogP contribution in [0.1, 0.15) is 5.56 Å². The van der Waals surface area contributed by atoms with Crippen LogP contribution in [0.4, 0.5) is 10.1 Å². The van der Waals surface area contributed by atoms with Gasteiger partial charge in [0.05, 0.1) is 10.7 Å². The molecule has 0 fully saturated rings. The zero-order valence-corrected chi connectivity index (χ0v) is 8.58. The lowest BCUT2D eigenvalue weighted by atomic mass is 10.1. The molecule has 7 heteroatoms. The van der Waals surface area contributed by atoms with Gasteiger partial charge in [0.1, 0.15) is 12.2 Å². The quantitative estimate of drug-likeness (QED) is 0.306. The highest BCUT2D eigenvalue weighted by Gasteiger charge is 2.13. The van der Waals surface area contributed by atoms with E-state index in [4.69, 9.17) is 29.0 Å². The van der Waals surface area contributed by atoms with Crippen molar-refractivity contribution in [2.45, 2.75) is 6.54 Å². The molecule has 0 heterocycles. The Labute approximate surface area is 91.2 Å². The summed E-state index contributed by atoms with van der Waals surface area (Å²) < 4.78 is 13.5. The highest BCUT2D eigenvalue weighted by molar-refractivity contribution is 6.30. The van der Waals surface area contributed by atoms with Gasteiger partial charge >= 0.3 is 0 Å². The molecule has 0 spiro atoms. The fraction of sp³-hybridized carbons (Fsp3) is 0.125. The molecule has 0 aliphatic heterocycles. The lowest BCUT2D eigenvalue weighted by Gasteiger charge is -2.16. The molecule has 0 amide bonds. The lowest BCUT2D eigenvalue weighted by molar-refractivity contribution is 0.611. The number of rotatable bonds is 3.